The SMILES string of the molecule is Nc1nnc(SCC(=O)NC2CCC(Oc3cc(F)cc(F)c3)CC2)s1. The summed E-state index contributed by atoms with van der Waals surface area (Å²) in [6.45, 7) is 0. The Balaban J connectivity index is 1.39. The molecule has 1 saturated carbocycles. The fraction of sp³-hybridized carbons (Fsp3) is 0.438. The van der Waals surface area contributed by atoms with Gasteiger partial charge in [-0.1, -0.05) is 23.1 Å². The van der Waals surface area contributed by atoms with E-state index in [2.05, 4.69) is 15.5 Å². The quantitative estimate of drug-likeness (QED) is 0.725. The summed E-state index contributed by atoms with van der Waals surface area (Å²) >= 11 is 2.55. The lowest BCUT2D eigenvalue weighted by Gasteiger charge is -2.29. The number of hydrogen-bond acceptors (Lipinski definition) is 7. The molecule has 6 nitrogen and oxygen atoms in total. The van der Waals surface area contributed by atoms with Gasteiger partial charge in [-0.3, -0.25) is 4.79 Å². The largest absolute Gasteiger partial charge is 0.490 e. The third-order valence-corrected chi connectivity index (χ3v) is 5.81. The van der Waals surface area contributed by atoms with E-state index in [-0.39, 0.29) is 29.6 Å². The molecule has 10 heteroatoms. The molecule has 3 rings (SSSR count). The van der Waals surface area contributed by atoms with E-state index in [4.69, 9.17) is 10.5 Å². The standard InChI is InChI=1S/C16H18F2N4O2S2/c17-9-5-10(18)7-13(6-9)24-12-3-1-11(2-4-12)20-14(23)8-25-16-22-21-15(19)26-16/h5-7,11-12H,1-4,8H2,(H2,19,21)(H,20,23). The van der Waals surface area contributed by atoms with Crippen molar-refractivity contribution in [3.05, 3.63) is 29.8 Å². The van der Waals surface area contributed by atoms with Crippen molar-refractivity contribution in [1.29, 1.82) is 0 Å². The topological polar surface area (TPSA) is 90.1 Å². The number of amides is 1. The van der Waals surface area contributed by atoms with Gasteiger partial charge in [0.05, 0.1) is 11.9 Å². The fourth-order valence-corrected chi connectivity index (χ4v) is 4.24. The van der Waals surface area contributed by atoms with Crippen LogP contribution >= 0.6 is 23.1 Å². The highest BCUT2D eigenvalue weighted by Gasteiger charge is 2.24. The molecule has 1 aliphatic carbocycles. The Labute approximate surface area is 157 Å². The van der Waals surface area contributed by atoms with Crippen LogP contribution in [0.25, 0.3) is 0 Å². The number of ether oxygens (including phenoxy) is 1. The number of carbonyl (C=O) groups is 1. The summed E-state index contributed by atoms with van der Waals surface area (Å²) in [4.78, 5) is 12.0. The van der Waals surface area contributed by atoms with E-state index in [1.54, 1.807) is 0 Å². The van der Waals surface area contributed by atoms with Crippen LogP contribution < -0.4 is 15.8 Å². The van der Waals surface area contributed by atoms with Gasteiger partial charge in [-0.15, -0.1) is 10.2 Å². The number of rotatable bonds is 6. The summed E-state index contributed by atoms with van der Waals surface area (Å²) in [7, 11) is 0. The van der Waals surface area contributed by atoms with E-state index in [9.17, 15) is 13.6 Å². The number of hydrogen-bond donors (Lipinski definition) is 2. The van der Waals surface area contributed by atoms with Gasteiger partial charge in [0.2, 0.25) is 11.0 Å². The second kappa shape index (κ2) is 8.63. The zero-order valence-corrected chi connectivity index (χ0v) is 15.4. The molecule has 1 heterocycles. The molecule has 0 spiro atoms. The number of nitrogens with zero attached hydrogens (tertiary/aromatic N) is 2. The molecule has 1 amide bonds. The maximum absolute atomic E-state index is 13.2. The number of thioether (sulfide) groups is 1. The number of nitrogens with two attached hydrogens (primary N) is 1. The molecule has 140 valence electrons. The van der Waals surface area contributed by atoms with Crippen molar-refractivity contribution in [3.63, 3.8) is 0 Å². The Morgan fingerprint density at radius 1 is 1.23 bits per heavy atom. The lowest BCUT2D eigenvalue weighted by molar-refractivity contribution is -0.119. The molecule has 3 N–H and O–H groups in total. The minimum Gasteiger partial charge on any atom is -0.490 e. The molecule has 1 fully saturated rings. The molecular formula is C16H18F2N4O2S2. The number of anilines is 1. The summed E-state index contributed by atoms with van der Waals surface area (Å²) in [6, 6.07) is 3.24. The maximum Gasteiger partial charge on any atom is 0.230 e. The number of nitrogens with one attached hydrogen (secondary N) is 1. The van der Waals surface area contributed by atoms with Crippen LogP contribution in [-0.4, -0.2) is 34.0 Å². The molecular weight excluding hydrogens is 382 g/mol. The first-order valence-electron chi connectivity index (χ1n) is 8.12. The molecule has 1 aromatic heterocycles. The van der Waals surface area contributed by atoms with Crippen LogP contribution in [0.1, 0.15) is 25.7 Å². The monoisotopic (exact) mass is 400 g/mol. The average molecular weight is 400 g/mol. The van der Waals surface area contributed by atoms with E-state index in [1.165, 1.54) is 35.2 Å². The van der Waals surface area contributed by atoms with Gasteiger partial charge in [0.15, 0.2) is 4.34 Å². The molecule has 0 aliphatic heterocycles. The summed E-state index contributed by atoms with van der Waals surface area (Å²) in [5.41, 5.74) is 5.50. The van der Waals surface area contributed by atoms with E-state index in [0.717, 1.165) is 18.9 Å². The van der Waals surface area contributed by atoms with Crippen LogP contribution in [-0.2, 0) is 4.79 Å². The van der Waals surface area contributed by atoms with Crippen LogP contribution in [0.15, 0.2) is 22.5 Å². The van der Waals surface area contributed by atoms with Gasteiger partial charge in [0, 0.05) is 24.2 Å². The van der Waals surface area contributed by atoms with Crippen LogP contribution in [0.5, 0.6) is 5.75 Å². The predicted molar refractivity (Wildman–Crippen MR) is 96.2 cm³/mol. The van der Waals surface area contributed by atoms with Gasteiger partial charge in [-0.25, -0.2) is 8.78 Å². The summed E-state index contributed by atoms with van der Waals surface area (Å²) in [5, 5.41) is 10.9. The van der Waals surface area contributed by atoms with Crippen molar-refractivity contribution >= 4 is 34.1 Å². The van der Waals surface area contributed by atoms with E-state index in [1.807, 2.05) is 0 Å². The first-order valence-corrected chi connectivity index (χ1v) is 9.92. The predicted octanol–water partition coefficient (Wildman–Crippen LogP) is 3.00. The maximum atomic E-state index is 13.2. The number of aromatic nitrogens is 2. The van der Waals surface area contributed by atoms with Crippen molar-refractivity contribution in [2.75, 3.05) is 11.5 Å². The number of halogens is 2. The van der Waals surface area contributed by atoms with Gasteiger partial charge in [0.25, 0.3) is 0 Å². The molecule has 0 bridgehead atoms. The highest BCUT2D eigenvalue weighted by Crippen LogP contribution is 2.26. The Bertz CT molecular complexity index is 746. The molecule has 0 atom stereocenters. The van der Waals surface area contributed by atoms with Crippen molar-refractivity contribution in [1.82, 2.24) is 15.5 Å². The molecule has 0 unspecified atom stereocenters. The fourth-order valence-electron chi connectivity index (χ4n) is 2.79. The normalized spacial score (nSPS) is 19.9. The van der Waals surface area contributed by atoms with E-state index >= 15 is 0 Å². The second-order valence-corrected chi connectivity index (χ2v) is 8.19. The Morgan fingerprint density at radius 3 is 2.54 bits per heavy atom. The summed E-state index contributed by atoms with van der Waals surface area (Å²) < 4.78 is 32.7. The third-order valence-electron chi connectivity index (χ3n) is 3.93. The van der Waals surface area contributed by atoms with Crippen molar-refractivity contribution in [2.24, 2.45) is 0 Å². The van der Waals surface area contributed by atoms with Crippen LogP contribution in [0.3, 0.4) is 0 Å². The van der Waals surface area contributed by atoms with Gasteiger partial charge >= 0.3 is 0 Å². The third kappa shape index (κ3) is 5.53. The zero-order valence-electron chi connectivity index (χ0n) is 13.8. The van der Waals surface area contributed by atoms with Crippen LogP contribution in [0, 0.1) is 11.6 Å². The molecule has 2 aromatic rings. The first-order chi connectivity index (χ1) is 12.5. The number of nitrogen functional groups attached to an aromatic ring is 1. The van der Waals surface area contributed by atoms with Crippen LogP contribution in [0.4, 0.5) is 13.9 Å². The van der Waals surface area contributed by atoms with Crippen LogP contribution in [0.2, 0.25) is 0 Å². The molecule has 0 radical (unpaired) electrons. The average Bonchev–Trinajstić information content (AvgIpc) is 2.99. The van der Waals surface area contributed by atoms with E-state index < -0.39 is 11.6 Å². The Kier molecular flexibility index (Phi) is 6.25. The lowest BCUT2D eigenvalue weighted by Crippen LogP contribution is -2.40. The number of benzene rings is 1. The van der Waals surface area contributed by atoms with Crippen molar-refractivity contribution in [3.8, 4) is 5.75 Å². The zero-order chi connectivity index (χ0) is 18.5. The minimum atomic E-state index is -0.657. The Hall–Kier alpha value is -1.94. The molecule has 1 aromatic carbocycles. The molecule has 1 aliphatic rings. The van der Waals surface area contributed by atoms with Gasteiger partial charge in [0.1, 0.15) is 17.4 Å². The van der Waals surface area contributed by atoms with Gasteiger partial charge < -0.3 is 15.8 Å². The highest BCUT2D eigenvalue weighted by atomic mass is 32.2. The lowest BCUT2D eigenvalue weighted by atomic mass is 9.93. The minimum absolute atomic E-state index is 0.0691. The summed E-state index contributed by atoms with van der Waals surface area (Å²) in [5.74, 6) is -0.928. The van der Waals surface area contributed by atoms with Crippen molar-refractivity contribution in [2.45, 2.75) is 42.2 Å². The number of carbonyl (C=O) groups excluding carboxylic acids is 1. The van der Waals surface area contributed by atoms with Gasteiger partial charge in [-0.2, -0.15) is 0 Å². The molecule has 0 saturated heterocycles. The second-order valence-electron chi connectivity index (χ2n) is 5.96. The van der Waals surface area contributed by atoms with E-state index in [0.29, 0.717) is 22.3 Å². The Morgan fingerprint density at radius 2 is 1.92 bits per heavy atom. The molecule has 26 heavy (non-hydrogen) atoms. The first kappa shape index (κ1) is 18.8. The summed E-state index contributed by atoms with van der Waals surface area (Å²) in [6.07, 6.45) is 2.82. The van der Waals surface area contributed by atoms with Crippen molar-refractivity contribution < 1.29 is 18.3 Å². The van der Waals surface area contributed by atoms with Gasteiger partial charge in [-0.05, 0) is 25.7 Å². The smallest absolute Gasteiger partial charge is 0.230 e. The highest BCUT2D eigenvalue weighted by molar-refractivity contribution is 8.01.